The normalized spacial score (nSPS) is 10.9. The fraction of sp³-hybridized carbons (Fsp3) is 0.167. The van der Waals surface area contributed by atoms with Crippen LogP contribution in [-0.4, -0.2) is 32.7 Å². The van der Waals surface area contributed by atoms with Crippen molar-refractivity contribution in [1.82, 2.24) is 14.3 Å². The summed E-state index contributed by atoms with van der Waals surface area (Å²) in [4.78, 5) is 36.9. The third-order valence-corrected chi connectivity index (χ3v) is 5.09. The first kappa shape index (κ1) is 21.9. The molecule has 0 saturated carbocycles. The second kappa shape index (κ2) is 9.07. The van der Waals surface area contributed by atoms with E-state index in [0.717, 1.165) is 21.8 Å². The fourth-order valence-electron chi connectivity index (χ4n) is 3.53. The van der Waals surface area contributed by atoms with Gasteiger partial charge < -0.3 is 13.7 Å². The molecule has 0 bridgehead atoms. The molecule has 0 spiro atoms. The van der Waals surface area contributed by atoms with Gasteiger partial charge in [-0.3, -0.25) is 9.59 Å². The maximum absolute atomic E-state index is 13.1. The van der Waals surface area contributed by atoms with Crippen molar-refractivity contribution < 1.29 is 23.1 Å². The molecule has 2 aromatic carbocycles. The lowest BCUT2D eigenvalue weighted by Crippen LogP contribution is -2.24. The SMILES string of the molecule is Cc1cc(C(=O)COC(=O)Cn2nc(-c3ccc(F)cc3)oc2=O)c(C)n1-c1ccccc1. The highest BCUT2D eigenvalue weighted by atomic mass is 19.1. The Hall–Kier alpha value is -4.27. The molecule has 4 rings (SSSR count). The van der Waals surface area contributed by atoms with Gasteiger partial charge in [0, 0.05) is 28.2 Å². The summed E-state index contributed by atoms with van der Waals surface area (Å²) < 4.78 is 25.9. The lowest BCUT2D eigenvalue weighted by Gasteiger charge is -2.09. The lowest BCUT2D eigenvalue weighted by molar-refractivity contribution is -0.143. The summed E-state index contributed by atoms with van der Waals surface area (Å²) in [5.41, 5.74) is 3.35. The van der Waals surface area contributed by atoms with Crippen LogP contribution in [0.3, 0.4) is 0 Å². The molecule has 0 aliphatic heterocycles. The van der Waals surface area contributed by atoms with Crippen LogP contribution in [-0.2, 0) is 16.1 Å². The molecule has 2 aromatic heterocycles. The van der Waals surface area contributed by atoms with Gasteiger partial charge >= 0.3 is 11.7 Å². The molecule has 4 aromatic rings. The topological polar surface area (TPSA) is 96.3 Å². The van der Waals surface area contributed by atoms with E-state index in [0.29, 0.717) is 11.1 Å². The number of para-hydroxylation sites is 1. The number of esters is 1. The zero-order valence-electron chi connectivity index (χ0n) is 17.9. The Morgan fingerprint density at radius 1 is 1.06 bits per heavy atom. The monoisotopic (exact) mass is 449 g/mol. The number of benzene rings is 2. The Morgan fingerprint density at radius 3 is 2.45 bits per heavy atom. The molecule has 0 fully saturated rings. The fourth-order valence-corrected chi connectivity index (χ4v) is 3.53. The van der Waals surface area contributed by atoms with Crippen molar-refractivity contribution in [3.8, 4) is 17.1 Å². The zero-order valence-corrected chi connectivity index (χ0v) is 17.9. The van der Waals surface area contributed by atoms with Crippen LogP contribution in [0.1, 0.15) is 21.7 Å². The third kappa shape index (κ3) is 4.67. The van der Waals surface area contributed by atoms with Crippen LogP contribution in [0.25, 0.3) is 17.1 Å². The summed E-state index contributed by atoms with van der Waals surface area (Å²) in [5.74, 6) is -2.56. The molecule has 2 heterocycles. The van der Waals surface area contributed by atoms with Crippen molar-refractivity contribution in [2.24, 2.45) is 0 Å². The van der Waals surface area contributed by atoms with Crippen LogP contribution in [0.2, 0.25) is 0 Å². The van der Waals surface area contributed by atoms with Gasteiger partial charge in [-0.05, 0) is 56.3 Å². The number of ether oxygens (including phenoxy) is 1. The standard InChI is InChI=1S/C24H20FN3O5/c1-15-12-20(16(2)28(15)19-6-4-3-5-7-19)21(29)14-32-22(30)13-27-24(31)33-23(26-27)17-8-10-18(25)11-9-17/h3-12H,13-14H2,1-2H3. The molecular weight excluding hydrogens is 429 g/mol. The van der Waals surface area contributed by atoms with Gasteiger partial charge in [-0.2, -0.15) is 4.68 Å². The third-order valence-electron chi connectivity index (χ3n) is 5.09. The van der Waals surface area contributed by atoms with Gasteiger partial charge in [0.05, 0.1) is 0 Å². The first-order chi connectivity index (χ1) is 15.8. The Labute approximate surface area is 187 Å². The molecule has 0 saturated heterocycles. The van der Waals surface area contributed by atoms with E-state index < -0.39 is 30.7 Å². The molecule has 33 heavy (non-hydrogen) atoms. The number of Topliss-reactive ketones (excluding diaryl/α,β-unsaturated/α-hetero) is 1. The first-order valence-electron chi connectivity index (χ1n) is 10.1. The van der Waals surface area contributed by atoms with Gasteiger partial charge in [-0.15, -0.1) is 5.10 Å². The highest BCUT2D eigenvalue weighted by Crippen LogP contribution is 2.21. The van der Waals surface area contributed by atoms with Gasteiger partial charge in [-0.25, -0.2) is 9.18 Å². The van der Waals surface area contributed by atoms with Gasteiger partial charge in [0.25, 0.3) is 0 Å². The van der Waals surface area contributed by atoms with E-state index in [1.807, 2.05) is 48.7 Å². The Kier molecular flexibility index (Phi) is 6.03. The van der Waals surface area contributed by atoms with Gasteiger partial charge in [0.15, 0.2) is 6.61 Å². The molecule has 0 amide bonds. The Balaban J connectivity index is 1.41. The summed E-state index contributed by atoms with van der Waals surface area (Å²) >= 11 is 0. The van der Waals surface area contributed by atoms with Crippen LogP contribution in [0.15, 0.2) is 69.9 Å². The van der Waals surface area contributed by atoms with Gasteiger partial charge in [0.1, 0.15) is 12.4 Å². The highest BCUT2D eigenvalue weighted by Gasteiger charge is 2.19. The molecule has 9 heteroatoms. The summed E-state index contributed by atoms with van der Waals surface area (Å²) in [6.45, 7) is 2.70. The number of rotatable bonds is 7. The van der Waals surface area contributed by atoms with Crippen molar-refractivity contribution in [3.05, 3.63) is 94.0 Å². The number of carbonyl (C=O) groups excluding carboxylic acids is 2. The number of nitrogens with zero attached hydrogens (tertiary/aromatic N) is 3. The number of aromatic nitrogens is 3. The molecule has 0 aliphatic carbocycles. The number of aryl methyl sites for hydroxylation is 1. The van der Waals surface area contributed by atoms with Crippen molar-refractivity contribution >= 4 is 11.8 Å². The summed E-state index contributed by atoms with van der Waals surface area (Å²) in [6.07, 6.45) is 0. The number of halogens is 1. The number of hydrogen-bond donors (Lipinski definition) is 0. The summed E-state index contributed by atoms with van der Waals surface area (Å²) in [6, 6.07) is 16.5. The minimum Gasteiger partial charge on any atom is -0.456 e. The van der Waals surface area contributed by atoms with E-state index in [-0.39, 0.29) is 11.7 Å². The van der Waals surface area contributed by atoms with Crippen LogP contribution in [0, 0.1) is 19.7 Å². The number of ketones is 1. The van der Waals surface area contributed by atoms with E-state index in [2.05, 4.69) is 5.10 Å². The predicted octanol–water partition coefficient (Wildman–Crippen LogP) is 3.48. The lowest BCUT2D eigenvalue weighted by atomic mass is 10.1. The molecule has 0 aliphatic rings. The van der Waals surface area contributed by atoms with E-state index in [1.54, 1.807) is 6.07 Å². The van der Waals surface area contributed by atoms with E-state index in [4.69, 9.17) is 9.15 Å². The van der Waals surface area contributed by atoms with Crippen LogP contribution in [0.4, 0.5) is 4.39 Å². The molecule has 168 valence electrons. The second-order valence-electron chi connectivity index (χ2n) is 7.38. The van der Waals surface area contributed by atoms with Gasteiger partial charge in [0.2, 0.25) is 11.7 Å². The molecular formula is C24H20FN3O5. The minimum atomic E-state index is -0.871. The van der Waals surface area contributed by atoms with E-state index in [9.17, 15) is 18.8 Å². The highest BCUT2D eigenvalue weighted by molar-refractivity contribution is 5.99. The van der Waals surface area contributed by atoms with Gasteiger partial charge in [-0.1, -0.05) is 18.2 Å². The average molecular weight is 449 g/mol. The number of carbonyl (C=O) groups is 2. The van der Waals surface area contributed by atoms with E-state index in [1.165, 1.54) is 24.3 Å². The predicted molar refractivity (Wildman–Crippen MR) is 117 cm³/mol. The van der Waals surface area contributed by atoms with E-state index >= 15 is 0 Å². The maximum atomic E-state index is 13.1. The minimum absolute atomic E-state index is 0.0581. The molecule has 0 unspecified atom stereocenters. The maximum Gasteiger partial charge on any atom is 0.437 e. The smallest absolute Gasteiger partial charge is 0.437 e. The molecule has 8 nitrogen and oxygen atoms in total. The first-order valence-corrected chi connectivity index (χ1v) is 10.1. The van der Waals surface area contributed by atoms with Crippen LogP contribution >= 0.6 is 0 Å². The molecule has 0 atom stereocenters. The Bertz CT molecular complexity index is 1370. The number of hydrogen-bond acceptors (Lipinski definition) is 6. The van der Waals surface area contributed by atoms with Crippen molar-refractivity contribution in [2.45, 2.75) is 20.4 Å². The average Bonchev–Trinajstić information content (AvgIpc) is 3.31. The molecule has 0 radical (unpaired) electrons. The van der Waals surface area contributed by atoms with Crippen LogP contribution < -0.4 is 5.76 Å². The second-order valence-corrected chi connectivity index (χ2v) is 7.38. The quantitative estimate of drug-likeness (QED) is 0.317. The van der Waals surface area contributed by atoms with Crippen molar-refractivity contribution in [1.29, 1.82) is 0 Å². The molecule has 0 N–H and O–H groups in total. The van der Waals surface area contributed by atoms with Crippen LogP contribution in [0.5, 0.6) is 0 Å². The largest absolute Gasteiger partial charge is 0.456 e. The zero-order chi connectivity index (χ0) is 23.5. The summed E-state index contributed by atoms with van der Waals surface area (Å²) in [5, 5.41) is 3.92. The van der Waals surface area contributed by atoms with Crippen molar-refractivity contribution in [3.63, 3.8) is 0 Å². The summed E-state index contributed by atoms with van der Waals surface area (Å²) in [7, 11) is 0. The Morgan fingerprint density at radius 2 is 1.76 bits per heavy atom. The van der Waals surface area contributed by atoms with Crippen molar-refractivity contribution in [2.75, 3.05) is 6.61 Å².